The lowest BCUT2D eigenvalue weighted by Crippen LogP contribution is -2.03. The Balaban J connectivity index is 2.12. The maximum absolute atomic E-state index is 13.1. The summed E-state index contributed by atoms with van der Waals surface area (Å²) in [5.41, 5.74) is 1.47. The SMILES string of the molecule is O=C(O)c1cccc(CNc2cc(F)ccc2Cl)c1. The van der Waals surface area contributed by atoms with Gasteiger partial charge in [-0.1, -0.05) is 23.7 Å². The maximum Gasteiger partial charge on any atom is 0.335 e. The van der Waals surface area contributed by atoms with Crippen LogP contribution in [0, 0.1) is 5.82 Å². The minimum Gasteiger partial charge on any atom is -0.478 e. The highest BCUT2D eigenvalue weighted by Gasteiger charge is 2.05. The van der Waals surface area contributed by atoms with Crippen LogP contribution in [0.25, 0.3) is 0 Å². The largest absolute Gasteiger partial charge is 0.478 e. The fourth-order valence-corrected chi connectivity index (χ4v) is 1.83. The number of aromatic carboxylic acids is 1. The molecule has 0 aromatic heterocycles. The Bertz CT molecular complexity index is 616. The highest BCUT2D eigenvalue weighted by Crippen LogP contribution is 2.23. The van der Waals surface area contributed by atoms with Crippen LogP contribution >= 0.6 is 11.6 Å². The number of benzene rings is 2. The Morgan fingerprint density at radius 2 is 2.05 bits per heavy atom. The first-order valence-corrected chi connectivity index (χ1v) is 5.95. The number of halogens is 2. The summed E-state index contributed by atoms with van der Waals surface area (Å²) in [6, 6.07) is 10.6. The molecule has 3 nitrogen and oxygen atoms in total. The van der Waals surface area contributed by atoms with Gasteiger partial charge in [-0.15, -0.1) is 0 Å². The zero-order valence-electron chi connectivity index (χ0n) is 9.86. The summed E-state index contributed by atoms with van der Waals surface area (Å²) >= 11 is 5.92. The van der Waals surface area contributed by atoms with Crippen molar-refractivity contribution >= 4 is 23.3 Å². The van der Waals surface area contributed by atoms with Gasteiger partial charge in [0.05, 0.1) is 16.3 Å². The van der Waals surface area contributed by atoms with Crippen molar-refractivity contribution in [2.75, 3.05) is 5.32 Å². The third-order valence-corrected chi connectivity index (χ3v) is 2.91. The molecule has 0 amide bonds. The van der Waals surface area contributed by atoms with E-state index in [2.05, 4.69) is 5.32 Å². The fraction of sp³-hybridized carbons (Fsp3) is 0.0714. The molecule has 0 unspecified atom stereocenters. The van der Waals surface area contributed by atoms with Crippen molar-refractivity contribution in [2.45, 2.75) is 6.54 Å². The molecule has 5 heteroatoms. The standard InChI is InChI=1S/C14H11ClFNO2/c15-12-5-4-11(16)7-13(12)17-8-9-2-1-3-10(6-9)14(18)19/h1-7,17H,8H2,(H,18,19). The molecule has 0 saturated carbocycles. The van der Waals surface area contributed by atoms with Crippen molar-refractivity contribution in [1.29, 1.82) is 0 Å². The van der Waals surface area contributed by atoms with E-state index in [1.165, 1.54) is 24.3 Å². The molecule has 0 bridgehead atoms. The average Bonchev–Trinajstić information content (AvgIpc) is 2.40. The van der Waals surface area contributed by atoms with Crippen LogP contribution in [0.2, 0.25) is 5.02 Å². The number of carboxylic acid groups (broad SMARTS) is 1. The first kappa shape index (κ1) is 13.4. The van der Waals surface area contributed by atoms with Gasteiger partial charge in [-0.3, -0.25) is 0 Å². The van der Waals surface area contributed by atoms with Gasteiger partial charge in [-0.25, -0.2) is 9.18 Å². The highest BCUT2D eigenvalue weighted by molar-refractivity contribution is 6.33. The molecule has 19 heavy (non-hydrogen) atoms. The monoisotopic (exact) mass is 279 g/mol. The molecular weight excluding hydrogens is 269 g/mol. The van der Waals surface area contributed by atoms with Gasteiger partial charge in [0.2, 0.25) is 0 Å². The Labute approximate surface area is 114 Å². The van der Waals surface area contributed by atoms with Crippen molar-refractivity contribution in [3.8, 4) is 0 Å². The molecule has 0 radical (unpaired) electrons. The summed E-state index contributed by atoms with van der Waals surface area (Å²) in [4.78, 5) is 10.8. The molecule has 0 heterocycles. The van der Waals surface area contributed by atoms with Crippen molar-refractivity contribution in [1.82, 2.24) is 0 Å². The van der Waals surface area contributed by atoms with Crippen LogP contribution < -0.4 is 5.32 Å². The second kappa shape index (κ2) is 5.71. The molecule has 0 aliphatic rings. The minimum absolute atomic E-state index is 0.213. The second-order valence-electron chi connectivity index (χ2n) is 3.98. The Kier molecular flexibility index (Phi) is 4.02. The number of nitrogens with one attached hydrogen (secondary N) is 1. The number of hydrogen-bond acceptors (Lipinski definition) is 2. The van der Waals surface area contributed by atoms with E-state index in [0.29, 0.717) is 17.3 Å². The quantitative estimate of drug-likeness (QED) is 0.895. The van der Waals surface area contributed by atoms with Crippen LogP contribution in [-0.2, 0) is 6.54 Å². The Morgan fingerprint density at radius 3 is 2.79 bits per heavy atom. The zero-order chi connectivity index (χ0) is 13.8. The van der Waals surface area contributed by atoms with E-state index >= 15 is 0 Å². The average molecular weight is 280 g/mol. The van der Waals surface area contributed by atoms with E-state index in [1.807, 2.05) is 0 Å². The molecule has 0 spiro atoms. The van der Waals surface area contributed by atoms with Crippen LogP contribution in [0.1, 0.15) is 15.9 Å². The number of carboxylic acids is 1. The summed E-state index contributed by atoms with van der Waals surface area (Å²) in [6.45, 7) is 0.365. The first-order valence-electron chi connectivity index (χ1n) is 5.57. The van der Waals surface area contributed by atoms with Gasteiger partial charge in [-0.2, -0.15) is 0 Å². The van der Waals surface area contributed by atoms with Crippen molar-refractivity contribution in [3.05, 3.63) is 64.4 Å². The summed E-state index contributed by atoms with van der Waals surface area (Å²) < 4.78 is 13.1. The van der Waals surface area contributed by atoms with Crippen LogP contribution in [0.15, 0.2) is 42.5 Å². The van der Waals surface area contributed by atoms with Gasteiger partial charge in [0.25, 0.3) is 0 Å². The van der Waals surface area contributed by atoms with Crippen LogP contribution in [-0.4, -0.2) is 11.1 Å². The van der Waals surface area contributed by atoms with Gasteiger partial charge in [0.15, 0.2) is 0 Å². The zero-order valence-corrected chi connectivity index (χ0v) is 10.6. The number of anilines is 1. The third-order valence-electron chi connectivity index (χ3n) is 2.59. The molecule has 0 atom stereocenters. The third kappa shape index (κ3) is 3.45. The van der Waals surface area contributed by atoms with Crippen LogP contribution in [0.3, 0.4) is 0 Å². The Hall–Kier alpha value is -2.07. The van der Waals surface area contributed by atoms with Gasteiger partial charge in [-0.05, 0) is 35.9 Å². The fourth-order valence-electron chi connectivity index (χ4n) is 1.64. The maximum atomic E-state index is 13.1. The van der Waals surface area contributed by atoms with Crippen LogP contribution in [0.5, 0.6) is 0 Å². The lowest BCUT2D eigenvalue weighted by molar-refractivity contribution is 0.0697. The summed E-state index contributed by atoms with van der Waals surface area (Å²) in [6.07, 6.45) is 0. The molecular formula is C14H11ClFNO2. The summed E-state index contributed by atoms with van der Waals surface area (Å²) in [5, 5.41) is 12.3. The smallest absolute Gasteiger partial charge is 0.335 e. The topological polar surface area (TPSA) is 49.3 Å². The molecule has 0 aliphatic heterocycles. The minimum atomic E-state index is -0.981. The van der Waals surface area contributed by atoms with Crippen molar-refractivity contribution in [3.63, 3.8) is 0 Å². The molecule has 0 saturated heterocycles. The molecule has 2 rings (SSSR count). The first-order chi connectivity index (χ1) is 9.06. The molecule has 98 valence electrons. The lowest BCUT2D eigenvalue weighted by Gasteiger charge is -2.09. The highest BCUT2D eigenvalue weighted by atomic mass is 35.5. The molecule has 2 N–H and O–H groups in total. The van der Waals surface area contributed by atoms with E-state index in [1.54, 1.807) is 18.2 Å². The predicted octanol–water partition coefficient (Wildman–Crippen LogP) is 3.79. The van der Waals surface area contributed by atoms with Crippen molar-refractivity contribution in [2.24, 2.45) is 0 Å². The number of carbonyl (C=O) groups is 1. The Morgan fingerprint density at radius 1 is 1.26 bits per heavy atom. The van der Waals surface area contributed by atoms with Crippen LogP contribution in [0.4, 0.5) is 10.1 Å². The van der Waals surface area contributed by atoms with Gasteiger partial charge in [0, 0.05) is 6.54 Å². The predicted molar refractivity (Wildman–Crippen MR) is 72.1 cm³/mol. The number of hydrogen-bond donors (Lipinski definition) is 2. The van der Waals surface area contributed by atoms with E-state index in [-0.39, 0.29) is 11.4 Å². The molecule has 2 aromatic carbocycles. The number of rotatable bonds is 4. The van der Waals surface area contributed by atoms with Gasteiger partial charge < -0.3 is 10.4 Å². The van der Waals surface area contributed by atoms with Crippen molar-refractivity contribution < 1.29 is 14.3 Å². The molecule has 0 fully saturated rings. The summed E-state index contributed by atoms with van der Waals surface area (Å²) in [5.74, 6) is -1.36. The molecule has 2 aromatic rings. The second-order valence-corrected chi connectivity index (χ2v) is 4.39. The lowest BCUT2D eigenvalue weighted by atomic mass is 10.1. The molecule has 0 aliphatic carbocycles. The van der Waals surface area contributed by atoms with E-state index in [0.717, 1.165) is 5.56 Å². The normalized spacial score (nSPS) is 10.2. The van der Waals surface area contributed by atoms with E-state index in [9.17, 15) is 9.18 Å². The van der Waals surface area contributed by atoms with Gasteiger partial charge >= 0.3 is 5.97 Å². The van der Waals surface area contributed by atoms with E-state index < -0.39 is 5.97 Å². The van der Waals surface area contributed by atoms with Gasteiger partial charge in [0.1, 0.15) is 5.82 Å². The summed E-state index contributed by atoms with van der Waals surface area (Å²) in [7, 11) is 0. The van der Waals surface area contributed by atoms with E-state index in [4.69, 9.17) is 16.7 Å².